The van der Waals surface area contributed by atoms with Crippen LogP contribution in [-0.4, -0.2) is 10.2 Å². The van der Waals surface area contributed by atoms with E-state index in [9.17, 15) is 0 Å². The molecular formula is C15H15N3S. The van der Waals surface area contributed by atoms with Crippen LogP contribution < -0.4 is 5.73 Å². The van der Waals surface area contributed by atoms with E-state index in [1.54, 1.807) is 18.0 Å². The van der Waals surface area contributed by atoms with Gasteiger partial charge in [-0.3, -0.25) is 5.10 Å². The molecule has 0 radical (unpaired) electrons. The minimum atomic E-state index is 0.789. The molecule has 0 aliphatic carbocycles. The number of fused-ring (bicyclic) bond motifs is 1. The van der Waals surface area contributed by atoms with Gasteiger partial charge in [0.1, 0.15) is 0 Å². The van der Waals surface area contributed by atoms with E-state index in [2.05, 4.69) is 48.3 Å². The molecule has 3 rings (SSSR count). The van der Waals surface area contributed by atoms with Crippen molar-refractivity contribution >= 4 is 28.4 Å². The Labute approximate surface area is 116 Å². The van der Waals surface area contributed by atoms with Gasteiger partial charge in [0, 0.05) is 20.9 Å². The van der Waals surface area contributed by atoms with Gasteiger partial charge in [-0.2, -0.15) is 5.10 Å². The Balaban J connectivity index is 1.99. The molecule has 0 amide bonds. The molecule has 0 fully saturated rings. The van der Waals surface area contributed by atoms with Crippen LogP contribution in [0.25, 0.3) is 10.9 Å². The summed E-state index contributed by atoms with van der Waals surface area (Å²) in [5, 5.41) is 8.04. The Morgan fingerprint density at radius 3 is 2.74 bits per heavy atom. The van der Waals surface area contributed by atoms with Crippen LogP contribution in [0.5, 0.6) is 0 Å². The molecule has 1 heterocycles. The van der Waals surface area contributed by atoms with Crippen molar-refractivity contribution in [2.45, 2.75) is 23.6 Å². The second kappa shape index (κ2) is 4.63. The maximum Gasteiger partial charge on any atom is 0.0663 e. The lowest BCUT2D eigenvalue weighted by Crippen LogP contribution is -1.89. The summed E-state index contributed by atoms with van der Waals surface area (Å²) in [5.74, 6) is 0. The fraction of sp³-hybridized carbons (Fsp3) is 0.133. The molecular weight excluding hydrogens is 254 g/mol. The molecule has 2 aromatic carbocycles. The molecule has 0 aliphatic rings. The van der Waals surface area contributed by atoms with Crippen molar-refractivity contribution in [1.82, 2.24) is 10.2 Å². The molecule has 4 heteroatoms. The number of nitrogens with zero attached hydrogens (tertiary/aromatic N) is 1. The van der Waals surface area contributed by atoms with Gasteiger partial charge in [-0.15, -0.1) is 0 Å². The zero-order chi connectivity index (χ0) is 13.4. The van der Waals surface area contributed by atoms with E-state index in [0.29, 0.717) is 0 Å². The number of H-pyrrole nitrogens is 1. The van der Waals surface area contributed by atoms with Crippen LogP contribution in [0.1, 0.15) is 11.1 Å². The topological polar surface area (TPSA) is 54.7 Å². The van der Waals surface area contributed by atoms with E-state index in [-0.39, 0.29) is 0 Å². The molecule has 19 heavy (non-hydrogen) atoms. The second-order valence-corrected chi connectivity index (χ2v) is 5.81. The van der Waals surface area contributed by atoms with Crippen LogP contribution in [-0.2, 0) is 0 Å². The predicted molar refractivity (Wildman–Crippen MR) is 80.5 cm³/mol. The van der Waals surface area contributed by atoms with Gasteiger partial charge in [0.25, 0.3) is 0 Å². The monoisotopic (exact) mass is 269 g/mol. The first kappa shape index (κ1) is 12.1. The average Bonchev–Trinajstić information content (AvgIpc) is 2.81. The number of aromatic amines is 1. The van der Waals surface area contributed by atoms with Crippen LogP contribution in [0, 0.1) is 13.8 Å². The number of nitrogens with one attached hydrogen (secondary N) is 1. The summed E-state index contributed by atoms with van der Waals surface area (Å²) in [4.78, 5) is 2.26. The molecule has 3 N–H and O–H groups in total. The van der Waals surface area contributed by atoms with Crippen molar-refractivity contribution in [2.24, 2.45) is 0 Å². The molecule has 0 atom stereocenters. The summed E-state index contributed by atoms with van der Waals surface area (Å²) in [6.45, 7) is 4.25. The highest BCUT2D eigenvalue weighted by atomic mass is 32.2. The van der Waals surface area contributed by atoms with Crippen LogP contribution in [0.15, 0.2) is 46.3 Å². The molecule has 3 aromatic rings. The minimum Gasteiger partial charge on any atom is -0.398 e. The van der Waals surface area contributed by atoms with E-state index in [4.69, 9.17) is 5.73 Å². The van der Waals surface area contributed by atoms with Crippen molar-refractivity contribution in [3.63, 3.8) is 0 Å². The quantitative estimate of drug-likeness (QED) is 0.693. The Bertz CT molecular complexity index is 746. The van der Waals surface area contributed by atoms with E-state index < -0.39 is 0 Å². The first-order valence-electron chi connectivity index (χ1n) is 6.11. The highest BCUT2D eigenvalue weighted by Gasteiger charge is 2.06. The lowest BCUT2D eigenvalue weighted by atomic mass is 10.1. The molecule has 0 spiro atoms. The third kappa shape index (κ3) is 2.31. The number of rotatable bonds is 2. The normalized spacial score (nSPS) is 11.1. The zero-order valence-electron chi connectivity index (χ0n) is 10.9. The lowest BCUT2D eigenvalue weighted by Gasteiger charge is -2.07. The zero-order valence-corrected chi connectivity index (χ0v) is 11.7. The van der Waals surface area contributed by atoms with Gasteiger partial charge >= 0.3 is 0 Å². The van der Waals surface area contributed by atoms with Crippen LogP contribution in [0.2, 0.25) is 0 Å². The average molecular weight is 269 g/mol. The maximum atomic E-state index is 6.10. The SMILES string of the molecule is Cc1ccc(Sc2cc3[nH]ncc3cc2N)cc1C. The molecule has 96 valence electrons. The van der Waals surface area contributed by atoms with Crippen molar-refractivity contribution in [1.29, 1.82) is 0 Å². The summed E-state index contributed by atoms with van der Waals surface area (Å²) in [5.41, 5.74) is 10.5. The van der Waals surface area contributed by atoms with Crippen LogP contribution >= 0.6 is 11.8 Å². The number of aromatic nitrogens is 2. The van der Waals surface area contributed by atoms with Crippen LogP contribution in [0.3, 0.4) is 0 Å². The van der Waals surface area contributed by atoms with Gasteiger partial charge in [-0.25, -0.2) is 0 Å². The fourth-order valence-electron chi connectivity index (χ4n) is 1.98. The second-order valence-electron chi connectivity index (χ2n) is 4.70. The highest BCUT2D eigenvalue weighted by molar-refractivity contribution is 7.99. The van der Waals surface area contributed by atoms with E-state index in [1.807, 2.05) is 6.07 Å². The maximum absolute atomic E-state index is 6.10. The van der Waals surface area contributed by atoms with Gasteiger partial charge in [0.05, 0.1) is 11.7 Å². The van der Waals surface area contributed by atoms with Gasteiger partial charge in [-0.1, -0.05) is 17.8 Å². The summed E-state index contributed by atoms with van der Waals surface area (Å²) in [7, 11) is 0. The summed E-state index contributed by atoms with van der Waals surface area (Å²) >= 11 is 1.68. The smallest absolute Gasteiger partial charge is 0.0663 e. The van der Waals surface area contributed by atoms with E-state index in [0.717, 1.165) is 21.5 Å². The molecule has 0 saturated heterocycles. The first-order chi connectivity index (χ1) is 9.13. The van der Waals surface area contributed by atoms with Crippen molar-refractivity contribution in [2.75, 3.05) is 5.73 Å². The number of aryl methyl sites for hydroxylation is 2. The number of hydrogen-bond acceptors (Lipinski definition) is 3. The van der Waals surface area contributed by atoms with Crippen LogP contribution in [0.4, 0.5) is 5.69 Å². The Morgan fingerprint density at radius 1 is 1.11 bits per heavy atom. The van der Waals surface area contributed by atoms with Gasteiger partial charge < -0.3 is 5.73 Å². The third-order valence-corrected chi connectivity index (χ3v) is 4.34. The number of nitrogen functional groups attached to an aromatic ring is 1. The molecule has 0 aliphatic heterocycles. The Kier molecular flexibility index (Phi) is 2.95. The lowest BCUT2D eigenvalue weighted by molar-refractivity contribution is 1.12. The van der Waals surface area contributed by atoms with Crippen molar-refractivity contribution in [3.05, 3.63) is 47.7 Å². The largest absolute Gasteiger partial charge is 0.398 e. The predicted octanol–water partition coefficient (Wildman–Crippen LogP) is 3.91. The highest BCUT2D eigenvalue weighted by Crippen LogP contribution is 2.35. The van der Waals surface area contributed by atoms with Crippen molar-refractivity contribution < 1.29 is 0 Å². The fourth-order valence-corrected chi connectivity index (χ4v) is 2.96. The summed E-state index contributed by atoms with van der Waals surface area (Å²) in [6, 6.07) is 10.5. The first-order valence-corrected chi connectivity index (χ1v) is 6.93. The molecule has 0 unspecified atom stereocenters. The standard InChI is InChI=1S/C15H15N3S/c1-9-3-4-12(5-10(9)2)19-15-7-14-11(6-13(15)16)8-17-18-14/h3-8H,16H2,1-2H3,(H,17,18). The van der Waals surface area contributed by atoms with Gasteiger partial charge in [-0.05, 0) is 49.2 Å². The van der Waals surface area contributed by atoms with Crippen molar-refractivity contribution in [3.8, 4) is 0 Å². The number of hydrogen-bond donors (Lipinski definition) is 2. The summed E-state index contributed by atoms with van der Waals surface area (Å²) in [6.07, 6.45) is 1.79. The molecule has 0 bridgehead atoms. The summed E-state index contributed by atoms with van der Waals surface area (Å²) < 4.78 is 0. The Morgan fingerprint density at radius 2 is 1.95 bits per heavy atom. The molecule has 0 saturated carbocycles. The number of nitrogens with two attached hydrogens (primary N) is 1. The molecule has 1 aromatic heterocycles. The Hall–Kier alpha value is -1.94. The van der Waals surface area contributed by atoms with E-state index >= 15 is 0 Å². The number of anilines is 1. The minimum absolute atomic E-state index is 0.789. The third-order valence-electron chi connectivity index (χ3n) is 3.28. The van der Waals surface area contributed by atoms with Gasteiger partial charge in [0.15, 0.2) is 0 Å². The number of benzene rings is 2. The van der Waals surface area contributed by atoms with E-state index in [1.165, 1.54) is 16.0 Å². The van der Waals surface area contributed by atoms with Gasteiger partial charge in [0.2, 0.25) is 0 Å². The molecule has 3 nitrogen and oxygen atoms in total.